The first-order chi connectivity index (χ1) is 8.72. The molecule has 1 aromatic carbocycles. The minimum Gasteiger partial charge on any atom is -0.491 e. The minimum atomic E-state index is 0.496. The van der Waals surface area contributed by atoms with Crippen LogP contribution in [0.4, 0.5) is 0 Å². The molecule has 0 unspecified atom stereocenters. The molecule has 1 aromatic rings. The zero-order valence-electron chi connectivity index (χ0n) is 10.6. The lowest BCUT2D eigenvalue weighted by molar-refractivity contribution is 0.0544. The van der Waals surface area contributed by atoms with E-state index < -0.39 is 0 Å². The molecule has 0 aliphatic rings. The lowest BCUT2D eigenvalue weighted by atomic mass is 10.1. The van der Waals surface area contributed by atoms with Gasteiger partial charge in [-0.15, -0.1) is 0 Å². The molecule has 0 saturated heterocycles. The van der Waals surface area contributed by atoms with E-state index in [4.69, 9.17) is 32.2 Å². The van der Waals surface area contributed by atoms with Crippen molar-refractivity contribution in [1.82, 2.24) is 0 Å². The Morgan fingerprint density at radius 3 is 2.39 bits per heavy atom. The van der Waals surface area contributed by atoms with Crippen LogP contribution in [0.25, 0.3) is 0 Å². The molecule has 0 heterocycles. The SMILES string of the molecule is COCCOCCOc1ccc(CC(N)=S)cc1. The van der Waals surface area contributed by atoms with Crippen molar-refractivity contribution in [3.05, 3.63) is 29.8 Å². The zero-order chi connectivity index (χ0) is 13.2. The van der Waals surface area contributed by atoms with Crippen molar-refractivity contribution in [2.24, 2.45) is 5.73 Å². The fourth-order valence-corrected chi connectivity index (χ4v) is 1.53. The second-order valence-corrected chi connectivity index (χ2v) is 4.27. The van der Waals surface area contributed by atoms with Gasteiger partial charge in [-0.25, -0.2) is 0 Å². The summed E-state index contributed by atoms with van der Waals surface area (Å²) in [5, 5.41) is 0. The topological polar surface area (TPSA) is 53.7 Å². The number of ether oxygens (including phenoxy) is 3. The Bertz CT molecular complexity index is 354. The number of thiocarbonyl (C=S) groups is 1. The van der Waals surface area contributed by atoms with E-state index in [-0.39, 0.29) is 0 Å². The molecule has 5 heteroatoms. The Labute approximate surface area is 113 Å². The quantitative estimate of drug-likeness (QED) is 0.544. The molecule has 0 atom stereocenters. The lowest BCUT2D eigenvalue weighted by Crippen LogP contribution is -2.11. The summed E-state index contributed by atoms with van der Waals surface area (Å²) in [6, 6.07) is 7.73. The van der Waals surface area contributed by atoms with Crippen molar-refractivity contribution in [3.63, 3.8) is 0 Å². The van der Waals surface area contributed by atoms with Gasteiger partial charge in [-0.3, -0.25) is 0 Å². The molecular weight excluding hydrogens is 250 g/mol. The van der Waals surface area contributed by atoms with Gasteiger partial charge in [0, 0.05) is 13.5 Å². The summed E-state index contributed by atoms with van der Waals surface area (Å²) in [5.41, 5.74) is 6.56. The lowest BCUT2D eigenvalue weighted by Gasteiger charge is -2.07. The van der Waals surface area contributed by atoms with Gasteiger partial charge >= 0.3 is 0 Å². The maximum Gasteiger partial charge on any atom is 0.119 e. The first-order valence-corrected chi connectivity index (χ1v) is 6.20. The standard InChI is InChI=1S/C13H19NO3S/c1-15-6-7-16-8-9-17-12-4-2-11(3-5-12)10-13(14)18/h2-5H,6-10H2,1H3,(H2,14,18). The molecule has 1 rings (SSSR count). The van der Waals surface area contributed by atoms with Gasteiger partial charge in [0.2, 0.25) is 0 Å². The maximum atomic E-state index is 5.52. The summed E-state index contributed by atoms with van der Waals surface area (Å²) in [6.45, 7) is 2.27. The van der Waals surface area contributed by atoms with E-state index in [0.717, 1.165) is 11.3 Å². The number of hydrogen-bond donors (Lipinski definition) is 1. The van der Waals surface area contributed by atoms with Crippen LogP contribution >= 0.6 is 12.2 Å². The molecule has 0 fully saturated rings. The number of methoxy groups -OCH3 is 1. The zero-order valence-corrected chi connectivity index (χ0v) is 11.4. The maximum absolute atomic E-state index is 5.52. The predicted molar refractivity (Wildman–Crippen MR) is 75.1 cm³/mol. The van der Waals surface area contributed by atoms with E-state index in [1.54, 1.807) is 7.11 Å². The van der Waals surface area contributed by atoms with Crippen LogP contribution in [-0.4, -0.2) is 38.5 Å². The first-order valence-electron chi connectivity index (χ1n) is 5.79. The number of hydrogen-bond acceptors (Lipinski definition) is 4. The predicted octanol–water partition coefficient (Wildman–Crippen LogP) is 1.56. The van der Waals surface area contributed by atoms with Gasteiger partial charge in [0.25, 0.3) is 0 Å². The monoisotopic (exact) mass is 269 g/mol. The Hall–Kier alpha value is -1.17. The van der Waals surface area contributed by atoms with Crippen LogP contribution in [0.15, 0.2) is 24.3 Å². The first kappa shape index (κ1) is 14.9. The third-order valence-electron chi connectivity index (χ3n) is 2.23. The Morgan fingerprint density at radius 2 is 1.78 bits per heavy atom. The Kier molecular flexibility index (Phi) is 7.32. The molecule has 0 spiro atoms. The molecule has 0 aromatic heterocycles. The smallest absolute Gasteiger partial charge is 0.119 e. The van der Waals surface area contributed by atoms with E-state index in [1.807, 2.05) is 24.3 Å². The van der Waals surface area contributed by atoms with Crippen LogP contribution < -0.4 is 10.5 Å². The Morgan fingerprint density at radius 1 is 1.11 bits per heavy atom. The van der Waals surface area contributed by atoms with Crippen LogP contribution in [0.2, 0.25) is 0 Å². The van der Waals surface area contributed by atoms with Crippen molar-refractivity contribution in [1.29, 1.82) is 0 Å². The summed E-state index contributed by atoms with van der Waals surface area (Å²) in [5.74, 6) is 0.817. The van der Waals surface area contributed by atoms with Crippen LogP contribution in [0.5, 0.6) is 5.75 Å². The van der Waals surface area contributed by atoms with Gasteiger partial charge in [0.1, 0.15) is 12.4 Å². The van der Waals surface area contributed by atoms with Crippen LogP contribution in [0.1, 0.15) is 5.56 Å². The highest BCUT2D eigenvalue weighted by atomic mass is 32.1. The van der Waals surface area contributed by atoms with Crippen molar-refractivity contribution in [2.45, 2.75) is 6.42 Å². The summed E-state index contributed by atoms with van der Waals surface area (Å²) in [4.78, 5) is 0.496. The fraction of sp³-hybridized carbons (Fsp3) is 0.462. The van der Waals surface area contributed by atoms with Gasteiger partial charge in [-0.05, 0) is 17.7 Å². The van der Waals surface area contributed by atoms with Crippen molar-refractivity contribution in [3.8, 4) is 5.75 Å². The average Bonchev–Trinajstić information content (AvgIpc) is 2.35. The number of rotatable bonds is 9. The molecule has 0 aliphatic carbocycles. The van der Waals surface area contributed by atoms with Crippen LogP contribution in [0.3, 0.4) is 0 Å². The summed E-state index contributed by atoms with van der Waals surface area (Å²) < 4.78 is 15.7. The highest BCUT2D eigenvalue weighted by Crippen LogP contribution is 2.12. The minimum absolute atomic E-state index is 0.496. The van der Waals surface area contributed by atoms with Gasteiger partial charge in [-0.1, -0.05) is 24.4 Å². The molecule has 100 valence electrons. The highest BCUT2D eigenvalue weighted by molar-refractivity contribution is 7.80. The Balaban J connectivity index is 2.20. The van der Waals surface area contributed by atoms with Gasteiger partial charge in [0.05, 0.1) is 24.8 Å². The second-order valence-electron chi connectivity index (χ2n) is 3.74. The summed E-state index contributed by atoms with van der Waals surface area (Å²) >= 11 is 4.85. The molecule has 0 bridgehead atoms. The van der Waals surface area contributed by atoms with E-state index in [2.05, 4.69) is 0 Å². The number of nitrogens with two attached hydrogens (primary N) is 1. The highest BCUT2D eigenvalue weighted by Gasteiger charge is 1.97. The van der Waals surface area contributed by atoms with E-state index in [0.29, 0.717) is 37.8 Å². The van der Waals surface area contributed by atoms with E-state index in [9.17, 15) is 0 Å². The van der Waals surface area contributed by atoms with Crippen molar-refractivity contribution >= 4 is 17.2 Å². The van der Waals surface area contributed by atoms with Gasteiger partial charge < -0.3 is 19.9 Å². The second kappa shape index (κ2) is 8.85. The fourth-order valence-electron chi connectivity index (χ4n) is 1.37. The van der Waals surface area contributed by atoms with Crippen molar-refractivity contribution in [2.75, 3.05) is 33.5 Å². The van der Waals surface area contributed by atoms with Crippen LogP contribution in [-0.2, 0) is 15.9 Å². The molecule has 18 heavy (non-hydrogen) atoms. The molecule has 0 aliphatic heterocycles. The van der Waals surface area contributed by atoms with E-state index in [1.165, 1.54) is 0 Å². The van der Waals surface area contributed by atoms with Crippen molar-refractivity contribution < 1.29 is 14.2 Å². The summed E-state index contributed by atoms with van der Waals surface area (Å²) in [6.07, 6.45) is 0.621. The molecule has 4 nitrogen and oxygen atoms in total. The van der Waals surface area contributed by atoms with Crippen LogP contribution in [0, 0.1) is 0 Å². The third-order valence-corrected chi connectivity index (χ3v) is 2.37. The molecule has 0 radical (unpaired) electrons. The van der Waals surface area contributed by atoms with E-state index >= 15 is 0 Å². The molecule has 0 saturated carbocycles. The molecular formula is C13H19NO3S. The average molecular weight is 269 g/mol. The number of benzene rings is 1. The molecule has 0 amide bonds. The molecule has 2 N–H and O–H groups in total. The summed E-state index contributed by atoms with van der Waals surface area (Å²) in [7, 11) is 1.65. The third kappa shape index (κ3) is 6.54. The van der Waals surface area contributed by atoms with Gasteiger partial charge in [0.15, 0.2) is 0 Å². The normalized spacial score (nSPS) is 10.3. The van der Waals surface area contributed by atoms with Gasteiger partial charge in [-0.2, -0.15) is 0 Å². The largest absolute Gasteiger partial charge is 0.491 e.